The van der Waals surface area contributed by atoms with Crippen molar-refractivity contribution in [3.05, 3.63) is 27.6 Å². The molecule has 2 aromatic rings. The average molecular weight is 254 g/mol. The van der Waals surface area contributed by atoms with Gasteiger partial charge in [-0.25, -0.2) is 9.78 Å². The van der Waals surface area contributed by atoms with Crippen LogP contribution in [0.4, 0.5) is 0 Å². The van der Waals surface area contributed by atoms with E-state index in [4.69, 9.17) is 9.84 Å². The third kappa shape index (κ3) is 2.51. The maximum Gasteiger partial charge on any atom is 0.332 e. The fraction of sp³-hybridized carbons (Fsp3) is 0.300. The van der Waals surface area contributed by atoms with Crippen LogP contribution in [0.25, 0.3) is 10.2 Å². The van der Waals surface area contributed by atoms with E-state index in [1.807, 2.05) is 0 Å². The Kier molecular flexibility index (Phi) is 3.21. The molecule has 0 aliphatic rings. The zero-order chi connectivity index (χ0) is 12.4. The van der Waals surface area contributed by atoms with Crippen LogP contribution in [0.1, 0.15) is 12.7 Å². The Morgan fingerprint density at radius 1 is 1.71 bits per heavy atom. The van der Waals surface area contributed by atoms with Gasteiger partial charge in [-0.15, -0.1) is 11.3 Å². The number of carboxylic acid groups (broad SMARTS) is 1. The molecular formula is C10H10N2O4S. The van der Waals surface area contributed by atoms with E-state index >= 15 is 0 Å². The molecule has 0 aromatic carbocycles. The van der Waals surface area contributed by atoms with Gasteiger partial charge in [-0.1, -0.05) is 0 Å². The molecule has 0 fully saturated rings. The highest BCUT2D eigenvalue weighted by atomic mass is 32.1. The topological polar surface area (TPSA) is 92.3 Å². The molecule has 2 N–H and O–H groups in total. The normalized spacial score (nSPS) is 12.8. The van der Waals surface area contributed by atoms with Gasteiger partial charge in [0.2, 0.25) is 0 Å². The minimum atomic E-state index is -1.05. The molecule has 1 atom stereocenters. The van der Waals surface area contributed by atoms with Gasteiger partial charge in [-0.3, -0.25) is 4.79 Å². The highest BCUT2D eigenvalue weighted by Gasteiger charge is 2.12. The molecule has 0 bridgehead atoms. The predicted molar refractivity (Wildman–Crippen MR) is 62.1 cm³/mol. The summed E-state index contributed by atoms with van der Waals surface area (Å²) in [5.41, 5.74) is 0.368. The number of aliphatic carboxylic acids is 1. The zero-order valence-corrected chi connectivity index (χ0v) is 9.78. The summed E-state index contributed by atoms with van der Waals surface area (Å²) in [6.07, 6.45) is -0.932. The fourth-order valence-corrected chi connectivity index (χ4v) is 1.99. The summed E-state index contributed by atoms with van der Waals surface area (Å²) in [7, 11) is 0. The highest BCUT2D eigenvalue weighted by molar-refractivity contribution is 7.17. The lowest BCUT2D eigenvalue weighted by Crippen LogP contribution is -2.21. The third-order valence-electron chi connectivity index (χ3n) is 2.18. The van der Waals surface area contributed by atoms with Crippen LogP contribution in [0.5, 0.6) is 0 Å². The Hall–Kier alpha value is -1.73. The number of carbonyl (C=O) groups is 1. The van der Waals surface area contributed by atoms with Gasteiger partial charge in [-0.05, 0) is 18.4 Å². The van der Waals surface area contributed by atoms with Crippen LogP contribution >= 0.6 is 11.3 Å². The smallest absolute Gasteiger partial charge is 0.332 e. The SMILES string of the molecule is C[C@@H](OCc1nc2ccsc2c(=O)[nH]1)C(=O)O. The van der Waals surface area contributed by atoms with Gasteiger partial charge in [0, 0.05) is 0 Å². The summed E-state index contributed by atoms with van der Waals surface area (Å²) in [6, 6.07) is 1.74. The Morgan fingerprint density at radius 2 is 2.47 bits per heavy atom. The van der Waals surface area contributed by atoms with Crippen molar-refractivity contribution in [2.75, 3.05) is 0 Å². The van der Waals surface area contributed by atoms with E-state index in [0.29, 0.717) is 16.0 Å². The number of fused-ring (bicyclic) bond motifs is 1. The van der Waals surface area contributed by atoms with Crippen LogP contribution in [0.2, 0.25) is 0 Å². The van der Waals surface area contributed by atoms with Crippen molar-refractivity contribution in [1.29, 1.82) is 0 Å². The molecule has 2 heterocycles. The Balaban J connectivity index is 2.19. The molecule has 6 nitrogen and oxygen atoms in total. The van der Waals surface area contributed by atoms with Gasteiger partial charge in [0.25, 0.3) is 5.56 Å². The number of rotatable bonds is 4. The Labute approximate surface area is 99.9 Å². The first kappa shape index (κ1) is 11.7. The lowest BCUT2D eigenvalue weighted by molar-refractivity contribution is -0.150. The zero-order valence-electron chi connectivity index (χ0n) is 8.97. The number of aromatic amines is 1. The Bertz CT molecular complexity index is 604. The van der Waals surface area contributed by atoms with Gasteiger partial charge in [0.05, 0.1) is 5.52 Å². The molecular weight excluding hydrogens is 244 g/mol. The van der Waals surface area contributed by atoms with E-state index in [9.17, 15) is 9.59 Å². The summed E-state index contributed by atoms with van der Waals surface area (Å²) in [5.74, 6) is -0.724. The standard InChI is InChI=1S/C10H10N2O4S/c1-5(10(14)15)16-4-7-11-6-2-3-17-8(6)9(13)12-7/h2-3,5H,4H2,1H3,(H,14,15)(H,11,12,13)/t5-/m1/s1. The van der Waals surface area contributed by atoms with Crippen LogP contribution in [0.3, 0.4) is 0 Å². The summed E-state index contributed by atoms with van der Waals surface area (Å²) in [5, 5.41) is 10.4. The van der Waals surface area contributed by atoms with E-state index in [2.05, 4.69) is 9.97 Å². The molecule has 2 aromatic heterocycles. The quantitative estimate of drug-likeness (QED) is 0.848. The van der Waals surface area contributed by atoms with Crippen LogP contribution < -0.4 is 5.56 Å². The number of H-pyrrole nitrogens is 1. The molecule has 2 rings (SSSR count). The summed E-state index contributed by atoms with van der Waals surface area (Å²) in [6.45, 7) is 1.39. The number of carboxylic acids is 1. The number of nitrogens with one attached hydrogen (secondary N) is 1. The Morgan fingerprint density at radius 3 is 3.18 bits per heavy atom. The van der Waals surface area contributed by atoms with E-state index in [1.54, 1.807) is 11.4 Å². The molecule has 0 amide bonds. The van der Waals surface area contributed by atoms with E-state index < -0.39 is 12.1 Å². The number of hydrogen-bond acceptors (Lipinski definition) is 5. The van der Waals surface area contributed by atoms with Crippen molar-refractivity contribution in [1.82, 2.24) is 9.97 Å². The molecule has 0 aliphatic heterocycles. The second-order valence-electron chi connectivity index (χ2n) is 3.44. The van der Waals surface area contributed by atoms with Crippen molar-refractivity contribution in [3.8, 4) is 0 Å². The van der Waals surface area contributed by atoms with Gasteiger partial charge in [0.1, 0.15) is 17.1 Å². The molecule has 0 unspecified atom stereocenters. The number of ether oxygens (including phenoxy) is 1. The molecule has 0 aliphatic carbocycles. The van der Waals surface area contributed by atoms with Crippen LogP contribution in [0, 0.1) is 0 Å². The van der Waals surface area contributed by atoms with Gasteiger partial charge in [0.15, 0.2) is 6.10 Å². The van der Waals surface area contributed by atoms with Crippen molar-refractivity contribution >= 4 is 27.5 Å². The molecule has 7 heteroatoms. The first-order valence-electron chi connectivity index (χ1n) is 4.88. The average Bonchev–Trinajstić information content (AvgIpc) is 2.74. The number of aromatic nitrogens is 2. The second-order valence-corrected chi connectivity index (χ2v) is 4.36. The lowest BCUT2D eigenvalue weighted by atomic mass is 10.4. The van der Waals surface area contributed by atoms with Crippen molar-refractivity contribution in [3.63, 3.8) is 0 Å². The van der Waals surface area contributed by atoms with Crippen molar-refractivity contribution < 1.29 is 14.6 Å². The molecule has 90 valence electrons. The monoisotopic (exact) mass is 254 g/mol. The highest BCUT2D eigenvalue weighted by Crippen LogP contribution is 2.13. The minimum absolute atomic E-state index is 0.0332. The van der Waals surface area contributed by atoms with E-state index in [0.717, 1.165) is 0 Å². The molecule has 0 spiro atoms. The number of hydrogen-bond donors (Lipinski definition) is 2. The molecule has 0 saturated carbocycles. The summed E-state index contributed by atoms with van der Waals surface area (Å²) < 4.78 is 5.60. The summed E-state index contributed by atoms with van der Waals surface area (Å²) >= 11 is 1.31. The fourth-order valence-electron chi connectivity index (χ4n) is 1.27. The second kappa shape index (κ2) is 4.64. The third-order valence-corrected chi connectivity index (χ3v) is 3.08. The van der Waals surface area contributed by atoms with Crippen molar-refractivity contribution in [2.45, 2.75) is 19.6 Å². The molecule has 0 radical (unpaired) electrons. The largest absolute Gasteiger partial charge is 0.479 e. The van der Waals surface area contributed by atoms with Crippen molar-refractivity contribution in [2.24, 2.45) is 0 Å². The molecule has 0 saturated heterocycles. The number of nitrogens with zero attached hydrogens (tertiary/aromatic N) is 1. The number of thiophene rings is 1. The maximum absolute atomic E-state index is 11.6. The maximum atomic E-state index is 11.6. The summed E-state index contributed by atoms with van der Waals surface area (Å²) in [4.78, 5) is 28.8. The van der Waals surface area contributed by atoms with Gasteiger partial charge in [-0.2, -0.15) is 0 Å². The predicted octanol–water partition coefficient (Wildman–Crippen LogP) is 0.974. The first-order chi connectivity index (χ1) is 8.08. The van der Waals surface area contributed by atoms with Gasteiger partial charge >= 0.3 is 5.97 Å². The first-order valence-corrected chi connectivity index (χ1v) is 5.76. The lowest BCUT2D eigenvalue weighted by Gasteiger charge is -2.07. The van der Waals surface area contributed by atoms with Crippen LogP contribution in [-0.2, 0) is 16.1 Å². The van der Waals surface area contributed by atoms with E-state index in [-0.39, 0.29) is 12.2 Å². The molecule has 17 heavy (non-hydrogen) atoms. The minimum Gasteiger partial charge on any atom is -0.479 e. The van der Waals surface area contributed by atoms with E-state index in [1.165, 1.54) is 18.3 Å². The van der Waals surface area contributed by atoms with Crippen LogP contribution in [0.15, 0.2) is 16.2 Å². The van der Waals surface area contributed by atoms with Gasteiger partial charge < -0.3 is 14.8 Å². The van der Waals surface area contributed by atoms with Crippen LogP contribution in [-0.4, -0.2) is 27.1 Å².